The summed E-state index contributed by atoms with van der Waals surface area (Å²) in [5.74, 6) is 0. The summed E-state index contributed by atoms with van der Waals surface area (Å²) in [6.07, 6.45) is 2.90. The molecule has 0 aromatic heterocycles. The van der Waals surface area contributed by atoms with Crippen LogP contribution in [0.25, 0.3) is 0 Å². The average molecular weight is 160 g/mol. The van der Waals surface area contributed by atoms with Crippen molar-refractivity contribution in [3.05, 3.63) is 35.9 Å². The minimum Gasteiger partial charge on any atom is -0.316 e. The van der Waals surface area contributed by atoms with E-state index in [9.17, 15) is 0 Å². The second kappa shape index (κ2) is 4.40. The predicted octanol–water partition coefficient (Wildman–Crippen LogP) is 2.21. The molecule has 62 valence electrons. The average Bonchev–Trinajstić information content (AvgIpc) is 2.15. The number of hydrogen-bond donors (Lipinski definition) is 1. The first kappa shape index (κ1) is 8.61. The number of nitriles is 1. The van der Waals surface area contributed by atoms with E-state index >= 15 is 0 Å². The molecule has 0 spiro atoms. The van der Waals surface area contributed by atoms with Gasteiger partial charge in [0.15, 0.2) is 6.19 Å². The normalized spacial score (nSPS) is 11.7. The first-order valence-electron chi connectivity index (χ1n) is 4.08. The molecule has 1 aromatic rings. The zero-order valence-corrected chi connectivity index (χ0v) is 7.12. The number of hydrogen-bond acceptors (Lipinski definition) is 2. The van der Waals surface area contributed by atoms with Gasteiger partial charge >= 0.3 is 0 Å². The zero-order valence-electron chi connectivity index (χ0n) is 7.12. The van der Waals surface area contributed by atoms with Crippen LogP contribution in [0.15, 0.2) is 30.3 Å². The summed E-state index contributed by atoms with van der Waals surface area (Å²) in [5.41, 5.74) is 1.17. The Hall–Kier alpha value is -1.49. The summed E-state index contributed by atoms with van der Waals surface area (Å²) in [6.45, 7) is 2.06. The lowest BCUT2D eigenvalue weighted by molar-refractivity contribution is 0.611. The third-order valence-electron chi connectivity index (χ3n) is 1.85. The van der Waals surface area contributed by atoms with E-state index in [1.807, 2.05) is 36.5 Å². The van der Waals surface area contributed by atoms with E-state index in [2.05, 4.69) is 12.2 Å². The molecule has 2 nitrogen and oxygen atoms in total. The Bertz CT molecular complexity index is 261. The van der Waals surface area contributed by atoms with Gasteiger partial charge < -0.3 is 5.32 Å². The van der Waals surface area contributed by atoms with E-state index < -0.39 is 0 Å². The number of rotatable bonds is 3. The molecule has 0 saturated heterocycles. The summed E-state index contributed by atoms with van der Waals surface area (Å²) < 4.78 is 0. The van der Waals surface area contributed by atoms with Crippen LogP contribution < -0.4 is 5.32 Å². The molecule has 2 heteroatoms. The highest BCUT2D eigenvalue weighted by atomic mass is 14.9. The maximum atomic E-state index is 8.47. The zero-order chi connectivity index (χ0) is 8.81. The van der Waals surface area contributed by atoms with Crippen LogP contribution >= 0.6 is 0 Å². The van der Waals surface area contributed by atoms with Gasteiger partial charge in [0.2, 0.25) is 0 Å². The summed E-state index contributed by atoms with van der Waals surface area (Å²) >= 11 is 0. The van der Waals surface area contributed by atoms with Gasteiger partial charge in [-0.25, -0.2) is 0 Å². The van der Waals surface area contributed by atoms with Crippen LogP contribution in [0.2, 0.25) is 0 Å². The fourth-order valence-electron chi connectivity index (χ4n) is 1.18. The molecule has 0 aliphatic heterocycles. The third-order valence-corrected chi connectivity index (χ3v) is 1.85. The fourth-order valence-corrected chi connectivity index (χ4v) is 1.18. The molecule has 0 radical (unpaired) electrons. The lowest BCUT2D eigenvalue weighted by Gasteiger charge is -2.12. The second-order valence-electron chi connectivity index (χ2n) is 2.63. The molecule has 0 fully saturated rings. The molecule has 0 amide bonds. The van der Waals surface area contributed by atoms with E-state index in [-0.39, 0.29) is 6.04 Å². The highest BCUT2D eigenvalue weighted by Gasteiger charge is 2.05. The Balaban J connectivity index is 2.75. The molecule has 1 aromatic carbocycles. The smallest absolute Gasteiger partial charge is 0.177 e. The Kier molecular flexibility index (Phi) is 3.16. The van der Waals surface area contributed by atoms with Gasteiger partial charge in [0.05, 0.1) is 6.04 Å². The van der Waals surface area contributed by atoms with Gasteiger partial charge in [-0.05, 0) is 12.0 Å². The van der Waals surface area contributed by atoms with Crippen molar-refractivity contribution in [1.29, 1.82) is 5.26 Å². The molecular weight excluding hydrogens is 148 g/mol. The number of nitrogens with zero attached hydrogens (tertiary/aromatic N) is 1. The van der Waals surface area contributed by atoms with Crippen molar-refractivity contribution in [1.82, 2.24) is 5.32 Å². The van der Waals surface area contributed by atoms with Crippen LogP contribution in [0, 0.1) is 11.5 Å². The Morgan fingerprint density at radius 3 is 2.58 bits per heavy atom. The van der Waals surface area contributed by atoms with Gasteiger partial charge in [-0.1, -0.05) is 37.3 Å². The van der Waals surface area contributed by atoms with Crippen LogP contribution in [0.5, 0.6) is 0 Å². The first-order valence-corrected chi connectivity index (χ1v) is 4.08. The molecular formula is C10H12N2. The Morgan fingerprint density at radius 1 is 1.42 bits per heavy atom. The van der Waals surface area contributed by atoms with Gasteiger partial charge in [0.1, 0.15) is 0 Å². The van der Waals surface area contributed by atoms with Crippen molar-refractivity contribution in [2.24, 2.45) is 0 Å². The van der Waals surface area contributed by atoms with Crippen LogP contribution in [-0.4, -0.2) is 0 Å². The Morgan fingerprint density at radius 2 is 2.08 bits per heavy atom. The van der Waals surface area contributed by atoms with Crippen molar-refractivity contribution in [3.8, 4) is 6.19 Å². The van der Waals surface area contributed by atoms with Crippen molar-refractivity contribution >= 4 is 0 Å². The van der Waals surface area contributed by atoms with Crippen molar-refractivity contribution in [2.75, 3.05) is 0 Å². The summed E-state index contributed by atoms with van der Waals surface area (Å²) in [4.78, 5) is 0. The second-order valence-corrected chi connectivity index (χ2v) is 2.63. The van der Waals surface area contributed by atoms with Crippen LogP contribution in [0.4, 0.5) is 0 Å². The number of benzene rings is 1. The van der Waals surface area contributed by atoms with Gasteiger partial charge in [-0.2, -0.15) is 5.26 Å². The van der Waals surface area contributed by atoms with Crippen LogP contribution in [0.1, 0.15) is 24.9 Å². The van der Waals surface area contributed by atoms with Crippen LogP contribution in [0.3, 0.4) is 0 Å². The molecule has 0 aliphatic carbocycles. The Labute approximate surface area is 72.8 Å². The highest BCUT2D eigenvalue weighted by molar-refractivity contribution is 5.19. The molecule has 0 heterocycles. The molecule has 1 atom stereocenters. The van der Waals surface area contributed by atoms with E-state index in [1.165, 1.54) is 5.56 Å². The summed E-state index contributed by atoms with van der Waals surface area (Å²) in [6, 6.07) is 10.2. The lowest BCUT2D eigenvalue weighted by atomic mass is 10.1. The minimum atomic E-state index is 0.163. The molecule has 1 rings (SSSR count). The van der Waals surface area contributed by atoms with E-state index in [1.54, 1.807) is 0 Å². The van der Waals surface area contributed by atoms with E-state index in [0.29, 0.717) is 0 Å². The summed E-state index contributed by atoms with van der Waals surface area (Å²) in [7, 11) is 0. The largest absolute Gasteiger partial charge is 0.316 e. The monoisotopic (exact) mass is 160 g/mol. The van der Waals surface area contributed by atoms with E-state index in [4.69, 9.17) is 5.26 Å². The van der Waals surface area contributed by atoms with Crippen molar-refractivity contribution in [3.63, 3.8) is 0 Å². The summed E-state index contributed by atoms with van der Waals surface area (Å²) in [5, 5.41) is 11.2. The predicted molar refractivity (Wildman–Crippen MR) is 48.2 cm³/mol. The van der Waals surface area contributed by atoms with Gasteiger partial charge in [-0.3, -0.25) is 0 Å². The van der Waals surface area contributed by atoms with Crippen molar-refractivity contribution < 1.29 is 0 Å². The topological polar surface area (TPSA) is 35.8 Å². The molecule has 0 aliphatic rings. The molecule has 0 saturated carbocycles. The van der Waals surface area contributed by atoms with Gasteiger partial charge in [0, 0.05) is 0 Å². The number of nitrogens with one attached hydrogen (secondary N) is 1. The standard InChI is InChI=1S/C10H12N2/c1-2-10(12-8-11)9-6-4-3-5-7-9/h3-7,10,12H,2H2,1H3. The van der Waals surface area contributed by atoms with E-state index in [0.717, 1.165) is 6.42 Å². The maximum absolute atomic E-state index is 8.47. The molecule has 0 bridgehead atoms. The molecule has 1 N–H and O–H groups in total. The van der Waals surface area contributed by atoms with Crippen LogP contribution in [-0.2, 0) is 0 Å². The maximum Gasteiger partial charge on any atom is 0.177 e. The van der Waals surface area contributed by atoms with Gasteiger partial charge in [0.25, 0.3) is 0 Å². The van der Waals surface area contributed by atoms with Crippen molar-refractivity contribution in [2.45, 2.75) is 19.4 Å². The quantitative estimate of drug-likeness (QED) is 0.543. The molecule has 12 heavy (non-hydrogen) atoms. The first-order chi connectivity index (χ1) is 5.88. The minimum absolute atomic E-state index is 0.163. The fraction of sp³-hybridized carbons (Fsp3) is 0.300. The third kappa shape index (κ3) is 2.00. The molecule has 1 unspecified atom stereocenters. The highest BCUT2D eigenvalue weighted by Crippen LogP contribution is 2.14. The van der Waals surface area contributed by atoms with Gasteiger partial charge in [-0.15, -0.1) is 0 Å². The SMILES string of the molecule is CCC(NC#N)c1ccccc1. The lowest BCUT2D eigenvalue weighted by Crippen LogP contribution is -2.14.